The van der Waals surface area contributed by atoms with Crippen LogP contribution < -0.4 is 5.32 Å². The minimum Gasteiger partial charge on any atom is -0.400 e. The van der Waals surface area contributed by atoms with Gasteiger partial charge in [-0.25, -0.2) is 0 Å². The predicted octanol–water partition coefficient (Wildman–Crippen LogP) is -0.482. The van der Waals surface area contributed by atoms with Crippen LogP contribution in [0.25, 0.3) is 0 Å². The van der Waals surface area contributed by atoms with Crippen molar-refractivity contribution >= 4 is 0 Å². The number of hydrogen-bond acceptors (Lipinski definition) is 3. The first kappa shape index (κ1) is 9.88. The molecule has 1 aliphatic rings. The van der Waals surface area contributed by atoms with E-state index in [4.69, 9.17) is 5.11 Å². The summed E-state index contributed by atoms with van der Waals surface area (Å²) in [5.74, 6) is 0. The van der Waals surface area contributed by atoms with Gasteiger partial charge >= 0.3 is 0 Å². The Morgan fingerprint density at radius 3 is 2.40 bits per heavy atom. The summed E-state index contributed by atoms with van der Waals surface area (Å²) >= 11 is 0. The van der Waals surface area contributed by atoms with Gasteiger partial charge in [0.05, 0.1) is 0 Å². The van der Waals surface area contributed by atoms with E-state index in [2.05, 4.69) is 24.2 Å². The highest BCUT2D eigenvalue weighted by molar-refractivity contribution is 4.71. The van der Waals surface area contributed by atoms with E-state index in [1.165, 1.54) is 6.54 Å². The van der Waals surface area contributed by atoms with Crippen LogP contribution in [0.2, 0.25) is 0 Å². The van der Waals surface area contributed by atoms with Crippen molar-refractivity contribution < 1.29 is 5.11 Å². The van der Waals surface area contributed by atoms with Gasteiger partial charge in [-0.1, -0.05) is 0 Å². The van der Waals surface area contributed by atoms with Gasteiger partial charge in [0.15, 0.2) is 0 Å². The third-order valence-corrected chi connectivity index (χ3v) is 1.83. The first-order chi connectivity index (χ1) is 4.80. The van der Waals surface area contributed by atoms with Crippen LogP contribution in [0, 0.1) is 0 Å². The standard InChI is InChI=1S/C6H14N2.CH4O/c1-6-5-7-3-4-8(6)2;1-2/h6-7H,3-5H2,1-2H3;2H,1H3. The second kappa shape index (κ2) is 5.65. The molecule has 3 nitrogen and oxygen atoms in total. The maximum absolute atomic E-state index is 7.00. The summed E-state index contributed by atoms with van der Waals surface area (Å²) in [6.07, 6.45) is 0. The third-order valence-electron chi connectivity index (χ3n) is 1.83. The summed E-state index contributed by atoms with van der Waals surface area (Å²) in [6.45, 7) is 5.74. The van der Waals surface area contributed by atoms with E-state index in [0.717, 1.165) is 26.2 Å². The molecule has 3 heteroatoms. The second-order valence-electron chi connectivity index (χ2n) is 2.53. The van der Waals surface area contributed by atoms with E-state index in [9.17, 15) is 0 Å². The Morgan fingerprint density at radius 1 is 1.50 bits per heavy atom. The number of nitrogens with zero attached hydrogens (tertiary/aromatic N) is 1. The van der Waals surface area contributed by atoms with E-state index in [1.54, 1.807) is 0 Å². The fourth-order valence-electron chi connectivity index (χ4n) is 0.943. The van der Waals surface area contributed by atoms with Crippen LogP contribution in [0.1, 0.15) is 6.92 Å². The van der Waals surface area contributed by atoms with Crippen molar-refractivity contribution in [1.29, 1.82) is 0 Å². The molecule has 1 unspecified atom stereocenters. The first-order valence-electron chi connectivity index (χ1n) is 3.66. The lowest BCUT2D eigenvalue weighted by Gasteiger charge is -2.29. The van der Waals surface area contributed by atoms with Crippen molar-refractivity contribution in [2.24, 2.45) is 0 Å². The summed E-state index contributed by atoms with van der Waals surface area (Å²) in [6, 6.07) is 0.726. The molecule has 0 aromatic rings. The third kappa shape index (κ3) is 3.15. The molecule has 1 saturated heterocycles. The number of rotatable bonds is 0. The van der Waals surface area contributed by atoms with E-state index in [0.29, 0.717) is 0 Å². The number of nitrogens with one attached hydrogen (secondary N) is 1. The monoisotopic (exact) mass is 146 g/mol. The lowest BCUT2D eigenvalue weighted by molar-refractivity contribution is 0.215. The largest absolute Gasteiger partial charge is 0.400 e. The maximum atomic E-state index is 7.00. The molecular weight excluding hydrogens is 128 g/mol. The van der Waals surface area contributed by atoms with Crippen molar-refractivity contribution in [1.82, 2.24) is 10.2 Å². The Hall–Kier alpha value is -0.120. The molecule has 1 atom stereocenters. The zero-order valence-corrected chi connectivity index (χ0v) is 7.09. The molecule has 1 aliphatic heterocycles. The van der Waals surface area contributed by atoms with Gasteiger partial charge in [0.2, 0.25) is 0 Å². The predicted molar refractivity (Wildman–Crippen MR) is 43.1 cm³/mol. The van der Waals surface area contributed by atoms with Crippen LogP contribution >= 0.6 is 0 Å². The lowest BCUT2D eigenvalue weighted by atomic mass is 10.2. The summed E-state index contributed by atoms with van der Waals surface area (Å²) in [4.78, 5) is 2.37. The van der Waals surface area contributed by atoms with Gasteiger partial charge in [-0.15, -0.1) is 0 Å². The fraction of sp³-hybridized carbons (Fsp3) is 1.00. The van der Waals surface area contributed by atoms with Gasteiger partial charge in [-0.3, -0.25) is 0 Å². The van der Waals surface area contributed by atoms with Gasteiger partial charge in [0, 0.05) is 32.8 Å². The number of piperazine rings is 1. The summed E-state index contributed by atoms with van der Waals surface area (Å²) < 4.78 is 0. The molecule has 62 valence electrons. The minimum absolute atomic E-state index is 0.726. The molecule has 2 N–H and O–H groups in total. The molecule has 0 amide bonds. The van der Waals surface area contributed by atoms with Gasteiger partial charge in [-0.05, 0) is 14.0 Å². The molecule has 1 fully saturated rings. The number of likely N-dealkylation sites (N-methyl/N-ethyl adjacent to an activating group) is 1. The van der Waals surface area contributed by atoms with Crippen LogP contribution in [0.5, 0.6) is 0 Å². The molecule has 0 saturated carbocycles. The summed E-state index contributed by atoms with van der Waals surface area (Å²) in [5, 5.41) is 10.3. The zero-order chi connectivity index (χ0) is 7.98. The quantitative estimate of drug-likeness (QED) is 0.484. The average molecular weight is 146 g/mol. The molecule has 0 aromatic heterocycles. The average Bonchev–Trinajstić information content (AvgIpc) is 2.00. The molecule has 0 radical (unpaired) electrons. The maximum Gasteiger partial charge on any atom is 0.0319 e. The van der Waals surface area contributed by atoms with Crippen molar-refractivity contribution in [3.63, 3.8) is 0 Å². The minimum atomic E-state index is 0.726. The molecule has 1 rings (SSSR count). The molecule has 0 bridgehead atoms. The lowest BCUT2D eigenvalue weighted by Crippen LogP contribution is -2.47. The number of aliphatic hydroxyl groups is 1. The zero-order valence-electron chi connectivity index (χ0n) is 7.09. The Kier molecular flexibility index (Phi) is 5.58. The molecule has 0 aromatic carbocycles. The van der Waals surface area contributed by atoms with Gasteiger partial charge < -0.3 is 15.3 Å². The van der Waals surface area contributed by atoms with Gasteiger partial charge in [0.25, 0.3) is 0 Å². The highest BCUT2D eigenvalue weighted by Crippen LogP contribution is 1.95. The van der Waals surface area contributed by atoms with Crippen LogP contribution in [0.4, 0.5) is 0 Å². The SMILES string of the molecule is CC1CNCCN1C.CO. The molecule has 0 aliphatic carbocycles. The Morgan fingerprint density at radius 2 is 2.10 bits per heavy atom. The van der Waals surface area contributed by atoms with Crippen LogP contribution in [0.3, 0.4) is 0 Å². The fourth-order valence-corrected chi connectivity index (χ4v) is 0.943. The van der Waals surface area contributed by atoms with E-state index in [1.807, 2.05) is 0 Å². The Balaban J connectivity index is 0.000000371. The summed E-state index contributed by atoms with van der Waals surface area (Å²) in [7, 11) is 3.17. The van der Waals surface area contributed by atoms with E-state index < -0.39 is 0 Å². The number of aliphatic hydroxyl groups excluding tert-OH is 1. The Bertz CT molecular complexity index is 68.0. The van der Waals surface area contributed by atoms with Crippen LogP contribution in [0.15, 0.2) is 0 Å². The van der Waals surface area contributed by atoms with E-state index in [-0.39, 0.29) is 0 Å². The van der Waals surface area contributed by atoms with Crippen molar-refractivity contribution in [2.45, 2.75) is 13.0 Å². The van der Waals surface area contributed by atoms with Crippen molar-refractivity contribution in [3.05, 3.63) is 0 Å². The topological polar surface area (TPSA) is 35.5 Å². The Labute approximate surface area is 63.0 Å². The molecular formula is C7H18N2O. The first-order valence-corrected chi connectivity index (χ1v) is 3.66. The van der Waals surface area contributed by atoms with Crippen LogP contribution in [-0.2, 0) is 0 Å². The van der Waals surface area contributed by atoms with Crippen molar-refractivity contribution in [2.75, 3.05) is 33.8 Å². The number of hydrogen-bond donors (Lipinski definition) is 2. The summed E-state index contributed by atoms with van der Waals surface area (Å²) in [5.41, 5.74) is 0. The van der Waals surface area contributed by atoms with Crippen molar-refractivity contribution in [3.8, 4) is 0 Å². The molecule has 10 heavy (non-hydrogen) atoms. The highest BCUT2D eigenvalue weighted by Gasteiger charge is 2.11. The second-order valence-corrected chi connectivity index (χ2v) is 2.53. The normalized spacial score (nSPS) is 27.0. The highest BCUT2D eigenvalue weighted by atomic mass is 16.2. The smallest absolute Gasteiger partial charge is 0.0319 e. The van der Waals surface area contributed by atoms with Gasteiger partial charge in [0.1, 0.15) is 0 Å². The van der Waals surface area contributed by atoms with Crippen LogP contribution in [-0.4, -0.2) is 49.8 Å². The molecule has 1 heterocycles. The molecule has 0 spiro atoms. The van der Waals surface area contributed by atoms with E-state index >= 15 is 0 Å². The van der Waals surface area contributed by atoms with Gasteiger partial charge in [-0.2, -0.15) is 0 Å².